The molecule has 0 atom stereocenters. The highest BCUT2D eigenvalue weighted by Crippen LogP contribution is 2.30. The van der Waals surface area contributed by atoms with Crippen molar-refractivity contribution in [3.63, 3.8) is 0 Å². The Morgan fingerprint density at radius 3 is 2.82 bits per heavy atom. The molecule has 0 aromatic heterocycles. The Morgan fingerprint density at radius 1 is 1.47 bits per heavy atom. The molecule has 2 rings (SSSR count). The number of rotatable bonds is 6. The molecule has 1 saturated carbocycles. The first-order valence-corrected chi connectivity index (χ1v) is 6.01. The normalized spacial score (nSPS) is 15.3. The minimum Gasteiger partial charge on any atom is -0.496 e. The van der Waals surface area contributed by atoms with Crippen LogP contribution in [0.15, 0.2) is 18.2 Å². The van der Waals surface area contributed by atoms with E-state index >= 15 is 0 Å². The number of methoxy groups -OCH3 is 1. The molecule has 1 aliphatic carbocycles. The quantitative estimate of drug-likeness (QED) is 0.820. The molecule has 0 radical (unpaired) electrons. The van der Waals surface area contributed by atoms with E-state index in [9.17, 15) is 4.39 Å². The molecule has 1 aromatic carbocycles. The standard InChI is InChI=1S/C13H19FN2O/c1-17-13-5-2-11(14)8-10(13)9-16(7-6-15)12-3-4-12/h2,5,8,12H,3-4,6-7,9,15H2,1H3. The maximum absolute atomic E-state index is 13.2. The lowest BCUT2D eigenvalue weighted by Crippen LogP contribution is -2.31. The SMILES string of the molecule is COc1ccc(F)cc1CN(CCN)C1CC1. The van der Waals surface area contributed by atoms with Crippen LogP contribution < -0.4 is 10.5 Å². The van der Waals surface area contributed by atoms with E-state index in [-0.39, 0.29) is 5.82 Å². The van der Waals surface area contributed by atoms with Crippen LogP contribution in [0.4, 0.5) is 4.39 Å². The van der Waals surface area contributed by atoms with E-state index in [0.29, 0.717) is 19.1 Å². The lowest BCUT2D eigenvalue weighted by atomic mass is 10.1. The first kappa shape index (κ1) is 12.3. The van der Waals surface area contributed by atoms with Gasteiger partial charge in [0, 0.05) is 31.2 Å². The van der Waals surface area contributed by atoms with Gasteiger partial charge in [-0.25, -0.2) is 4.39 Å². The van der Waals surface area contributed by atoms with Crippen molar-refractivity contribution in [1.29, 1.82) is 0 Å². The van der Waals surface area contributed by atoms with Gasteiger partial charge in [0.1, 0.15) is 11.6 Å². The Morgan fingerprint density at radius 2 is 2.24 bits per heavy atom. The Kier molecular flexibility index (Phi) is 3.97. The number of nitrogens with zero attached hydrogens (tertiary/aromatic N) is 1. The van der Waals surface area contributed by atoms with E-state index in [1.807, 2.05) is 0 Å². The summed E-state index contributed by atoms with van der Waals surface area (Å²) in [6, 6.07) is 5.27. The van der Waals surface area contributed by atoms with E-state index in [0.717, 1.165) is 17.9 Å². The number of hydrogen-bond acceptors (Lipinski definition) is 3. The molecule has 0 aliphatic heterocycles. The summed E-state index contributed by atoms with van der Waals surface area (Å²) in [6.07, 6.45) is 2.44. The van der Waals surface area contributed by atoms with Gasteiger partial charge in [0.2, 0.25) is 0 Å². The molecular weight excluding hydrogens is 219 g/mol. The molecule has 0 unspecified atom stereocenters. The maximum Gasteiger partial charge on any atom is 0.123 e. The summed E-state index contributed by atoms with van der Waals surface area (Å²) < 4.78 is 18.5. The zero-order valence-electron chi connectivity index (χ0n) is 10.2. The maximum atomic E-state index is 13.2. The molecule has 1 fully saturated rings. The smallest absolute Gasteiger partial charge is 0.123 e. The average molecular weight is 238 g/mol. The lowest BCUT2D eigenvalue weighted by Gasteiger charge is -2.22. The van der Waals surface area contributed by atoms with Gasteiger partial charge in [-0.05, 0) is 31.0 Å². The van der Waals surface area contributed by atoms with Crippen LogP contribution in [0.3, 0.4) is 0 Å². The molecule has 0 bridgehead atoms. The van der Waals surface area contributed by atoms with Crippen molar-refractivity contribution < 1.29 is 9.13 Å². The van der Waals surface area contributed by atoms with E-state index in [1.165, 1.54) is 18.9 Å². The van der Waals surface area contributed by atoms with Gasteiger partial charge in [-0.15, -0.1) is 0 Å². The van der Waals surface area contributed by atoms with Gasteiger partial charge in [0.25, 0.3) is 0 Å². The molecule has 4 heteroatoms. The molecule has 0 heterocycles. The second-order valence-electron chi connectivity index (χ2n) is 4.45. The van der Waals surface area contributed by atoms with Crippen molar-refractivity contribution >= 4 is 0 Å². The molecule has 0 spiro atoms. The molecule has 1 aromatic rings. The summed E-state index contributed by atoms with van der Waals surface area (Å²) in [5, 5.41) is 0. The van der Waals surface area contributed by atoms with Gasteiger partial charge >= 0.3 is 0 Å². The second kappa shape index (κ2) is 5.47. The molecule has 3 nitrogen and oxygen atoms in total. The third-order valence-corrected chi connectivity index (χ3v) is 3.10. The third-order valence-electron chi connectivity index (χ3n) is 3.10. The second-order valence-corrected chi connectivity index (χ2v) is 4.45. The van der Waals surface area contributed by atoms with Crippen molar-refractivity contribution in [2.45, 2.75) is 25.4 Å². The topological polar surface area (TPSA) is 38.5 Å². The van der Waals surface area contributed by atoms with Gasteiger partial charge in [-0.1, -0.05) is 0 Å². The van der Waals surface area contributed by atoms with Crippen LogP contribution in [0.25, 0.3) is 0 Å². The van der Waals surface area contributed by atoms with Crippen LogP contribution in [0.2, 0.25) is 0 Å². The fourth-order valence-electron chi connectivity index (χ4n) is 2.09. The van der Waals surface area contributed by atoms with E-state index in [1.54, 1.807) is 19.2 Å². The van der Waals surface area contributed by atoms with Crippen molar-refractivity contribution in [1.82, 2.24) is 4.90 Å². The van der Waals surface area contributed by atoms with Crippen LogP contribution >= 0.6 is 0 Å². The van der Waals surface area contributed by atoms with Crippen LogP contribution in [0.1, 0.15) is 18.4 Å². The van der Waals surface area contributed by atoms with Crippen LogP contribution in [0.5, 0.6) is 5.75 Å². The fourth-order valence-corrected chi connectivity index (χ4v) is 2.09. The molecule has 1 aliphatic rings. The number of halogens is 1. The first-order valence-electron chi connectivity index (χ1n) is 6.01. The van der Waals surface area contributed by atoms with E-state index < -0.39 is 0 Å². The summed E-state index contributed by atoms with van der Waals surface area (Å²) >= 11 is 0. The minimum atomic E-state index is -0.218. The lowest BCUT2D eigenvalue weighted by molar-refractivity contribution is 0.257. The third kappa shape index (κ3) is 3.17. The number of nitrogens with two attached hydrogens (primary N) is 1. The Hall–Kier alpha value is -1.13. The highest BCUT2D eigenvalue weighted by atomic mass is 19.1. The average Bonchev–Trinajstić information content (AvgIpc) is 3.13. The largest absolute Gasteiger partial charge is 0.496 e. The Bertz CT molecular complexity index is 380. The van der Waals surface area contributed by atoms with Crippen molar-refractivity contribution in [2.24, 2.45) is 5.73 Å². The van der Waals surface area contributed by atoms with Crippen LogP contribution in [-0.2, 0) is 6.54 Å². The summed E-state index contributed by atoms with van der Waals surface area (Å²) in [5.74, 6) is 0.526. The monoisotopic (exact) mass is 238 g/mol. The summed E-state index contributed by atoms with van der Waals surface area (Å²) in [6.45, 7) is 2.20. The number of benzene rings is 1. The van der Waals surface area contributed by atoms with Crippen molar-refractivity contribution in [2.75, 3.05) is 20.2 Å². The van der Waals surface area contributed by atoms with Gasteiger partial charge in [-0.3, -0.25) is 4.90 Å². The minimum absolute atomic E-state index is 0.218. The predicted molar refractivity (Wildman–Crippen MR) is 65.4 cm³/mol. The summed E-state index contributed by atoms with van der Waals surface area (Å²) in [7, 11) is 1.61. The molecule has 94 valence electrons. The number of ether oxygens (including phenoxy) is 1. The van der Waals surface area contributed by atoms with Crippen molar-refractivity contribution in [3.05, 3.63) is 29.6 Å². The molecule has 17 heavy (non-hydrogen) atoms. The fraction of sp³-hybridized carbons (Fsp3) is 0.538. The van der Waals surface area contributed by atoms with E-state index in [2.05, 4.69) is 4.90 Å². The predicted octanol–water partition coefficient (Wildman–Crippen LogP) is 1.76. The molecule has 0 amide bonds. The molecular formula is C13H19FN2O. The van der Waals surface area contributed by atoms with Crippen molar-refractivity contribution in [3.8, 4) is 5.75 Å². The highest BCUT2D eigenvalue weighted by Gasteiger charge is 2.28. The first-order chi connectivity index (χ1) is 8.24. The van der Waals surface area contributed by atoms with Gasteiger partial charge in [-0.2, -0.15) is 0 Å². The van der Waals surface area contributed by atoms with E-state index in [4.69, 9.17) is 10.5 Å². The number of hydrogen-bond donors (Lipinski definition) is 1. The summed E-state index contributed by atoms with van der Waals surface area (Å²) in [4.78, 5) is 2.30. The van der Waals surface area contributed by atoms with Crippen LogP contribution in [-0.4, -0.2) is 31.1 Å². The van der Waals surface area contributed by atoms with Gasteiger partial charge in [0.05, 0.1) is 7.11 Å². The molecule has 2 N–H and O–H groups in total. The molecule has 0 saturated heterocycles. The highest BCUT2D eigenvalue weighted by molar-refractivity contribution is 5.34. The van der Waals surface area contributed by atoms with Crippen LogP contribution in [0, 0.1) is 5.82 Å². The Balaban J connectivity index is 2.11. The zero-order valence-corrected chi connectivity index (χ0v) is 10.2. The van der Waals surface area contributed by atoms with Gasteiger partial charge < -0.3 is 10.5 Å². The van der Waals surface area contributed by atoms with Gasteiger partial charge in [0.15, 0.2) is 0 Å². The summed E-state index contributed by atoms with van der Waals surface area (Å²) in [5.41, 5.74) is 6.50. The zero-order chi connectivity index (χ0) is 12.3. The Labute approximate surface area is 101 Å².